The van der Waals surface area contributed by atoms with E-state index in [0.717, 1.165) is 21.4 Å². The fraction of sp³-hybridized carbons (Fsp3) is 0.167. The topological polar surface area (TPSA) is 51.8 Å². The lowest BCUT2D eigenvalue weighted by atomic mass is 10.4. The Morgan fingerprint density at radius 2 is 2.12 bits per heavy atom. The van der Waals surface area contributed by atoms with Crippen molar-refractivity contribution in [3.05, 3.63) is 47.0 Å². The van der Waals surface area contributed by atoms with Crippen molar-refractivity contribution in [3.8, 4) is 0 Å². The van der Waals surface area contributed by atoms with E-state index in [1.165, 1.54) is 0 Å². The van der Waals surface area contributed by atoms with Gasteiger partial charge in [0.1, 0.15) is 5.82 Å². The van der Waals surface area contributed by atoms with Gasteiger partial charge in [0.25, 0.3) is 0 Å². The van der Waals surface area contributed by atoms with Crippen molar-refractivity contribution >= 4 is 29.1 Å². The molecule has 1 heterocycles. The maximum Gasteiger partial charge on any atom is 0.138 e. The molecular formula is C12H12ClN3S. The summed E-state index contributed by atoms with van der Waals surface area (Å²) < 4.78 is 0. The molecule has 0 aliphatic rings. The first-order valence-corrected chi connectivity index (χ1v) is 6.48. The third-order valence-electron chi connectivity index (χ3n) is 2.26. The van der Waals surface area contributed by atoms with Crippen LogP contribution in [0.15, 0.2) is 35.4 Å². The third kappa shape index (κ3) is 3.11. The molecule has 0 saturated heterocycles. The van der Waals surface area contributed by atoms with E-state index in [9.17, 15) is 0 Å². The van der Waals surface area contributed by atoms with Gasteiger partial charge in [-0.15, -0.1) is 11.8 Å². The lowest BCUT2D eigenvalue weighted by molar-refractivity contribution is 1.00. The zero-order valence-corrected chi connectivity index (χ0v) is 10.9. The quantitative estimate of drug-likeness (QED) is 0.865. The van der Waals surface area contributed by atoms with Gasteiger partial charge in [-0.2, -0.15) is 0 Å². The number of aryl methyl sites for hydroxylation is 1. The van der Waals surface area contributed by atoms with Crippen LogP contribution in [0, 0.1) is 6.92 Å². The van der Waals surface area contributed by atoms with Crippen molar-refractivity contribution in [2.45, 2.75) is 17.6 Å². The summed E-state index contributed by atoms with van der Waals surface area (Å²) in [7, 11) is 0. The highest BCUT2D eigenvalue weighted by Gasteiger charge is 2.04. The average molecular weight is 266 g/mol. The van der Waals surface area contributed by atoms with Crippen LogP contribution in [0.3, 0.4) is 0 Å². The molecule has 0 aliphatic heterocycles. The van der Waals surface area contributed by atoms with Crippen LogP contribution in [0.5, 0.6) is 0 Å². The Kier molecular flexibility index (Phi) is 3.86. The highest BCUT2D eigenvalue weighted by molar-refractivity contribution is 7.98. The Labute approximate surface area is 109 Å². The molecule has 0 amide bonds. The summed E-state index contributed by atoms with van der Waals surface area (Å²) >= 11 is 7.68. The van der Waals surface area contributed by atoms with Crippen molar-refractivity contribution < 1.29 is 0 Å². The van der Waals surface area contributed by atoms with Crippen LogP contribution in [0.25, 0.3) is 0 Å². The van der Waals surface area contributed by atoms with Gasteiger partial charge in [-0.05, 0) is 19.1 Å². The monoisotopic (exact) mass is 265 g/mol. The number of anilines is 1. The predicted molar refractivity (Wildman–Crippen MR) is 72.2 cm³/mol. The summed E-state index contributed by atoms with van der Waals surface area (Å²) in [6, 6.07) is 7.73. The van der Waals surface area contributed by atoms with E-state index in [-0.39, 0.29) is 0 Å². The molecule has 0 spiro atoms. The van der Waals surface area contributed by atoms with Crippen molar-refractivity contribution in [1.82, 2.24) is 9.97 Å². The number of benzene rings is 1. The van der Waals surface area contributed by atoms with Crippen LogP contribution < -0.4 is 5.73 Å². The lowest BCUT2D eigenvalue weighted by Crippen LogP contribution is -1.99. The smallest absolute Gasteiger partial charge is 0.138 e. The number of rotatable bonds is 3. The molecule has 0 saturated carbocycles. The van der Waals surface area contributed by atoms with Crippen molar-refractivity contribution in [2.75, 3.05) is 5.73 Å². The summed E-state index contributed by atoms with van der Waals surface area (Å²) in [6.45, 7) is 1.88. The molecule has 0 bridgehead atoms. The van der Waals surface area contributed by atoms with Crippen LogP contribution in [-0.2, 0) is 5.75 Å². The number of nitrogen functional groups attached to an aromatic ring is 1. The molecule has 0 aliphatic carbocycles. The number of nitrogens with zero attached hydrogens (tertiary/aromatic N) is 2. The Bertz CT molecular complexity index is 531. The van der Waals surface area contributed by atoms with E-state index < -0.39 is 0 Å². The number of hydrogen-bond donors (Lipinski definition) is 1. The van der Waals surface area contributed by atoms with Crippen LogP contribution in [0.2, 0.25) is 5.02 Å². The van der Waals surface area contributed by atoms with E-state index >= 15 is 0 Å². The standard InChI is InChI=1S/C12H12ClN3S/c1-8-10(14)6-15-12(16-8)7-17-11-5-3-2-4-9(11)13/h2-6H,7,14H2,1H3. The van der Waals surface area contributed by atoms with Gasteiger partial charge in [-0.3, -0.25) is 0 Å². The highest BCUT2D eigenvalue weighted by Crippen LogP contribution is 2.28. The number of nitrogens with two attached hydrogens (primary N) is 1. The zero-order chi connectivity index (χ0) is 12.3. The molecule has 0 unspecified atom stereocenters. The molecule has 2 rings (SSSR count). The Balaban J connectivity index is 2.08. The molecule has 5 heteroatoms. The Morgan fingerprint density at radius 1 is 1.35 bits per heavy atom. The summed E-state index contributed by atoms with van der Waals surface area (Å²) in [5.74, 6) is 1.45. The second-order valence-corrected chi connectivity index (χ2v) is 4.97. The van der Waals surface area contributed by atoms with Crippen LogP contribution in [0.4, 0.5) is 5.69 Å². The number of thioether (sulfide) groups is 1. The second-order valence-electron chi connectivity index (χ2n) is 3.55. The van der Waals surface area contributed by atoms with Crippen molar-refractivity contribution in [3.63, 3.8) is 0 Å². The first-order chi connectivity index (χ1) is 8.16. The largest absolute Gasteiger partial charge is 0.396 e. The van der Waals surface area contributed by atoms with E-state index in [4.69, 9.17) is 17.3 Å². The van der Waals surface area contributed by atoms with E-state index in [2.05, 4.69) is 9.97 Å². The fourth-order valence-corrected chi connectivity index (χ4v) is 2.40. The normalized spacial score (nSPS) is 10.5. The summed E-state index contributed by atoms with van der Waals surface area (Å²) in [4.78, 5) is 9.54. The molecule has 0 atom stereocenters. The molecule has 2 aromatic rings. The average Bonchev–Trinajstić information content (AvgIpc) is 2.32. The Morgan fingerprint density at radius 3 is 2.82 bits per heavy atom. The fourth-order valence-electron chi connectivity index (χ4n) is 1.30. The molecule has 17 heavy (non-hydrogen) atoms. The number of aromatic nitrogens is 2. The summed E-state index contributed by atoms with van der Waals surface area (Å²) in [5, 5.41) is 0.754. The van der Waals surface area contributed by atoms with Gasteiger partial charge in [-0.25, -0.2) is 9.97 Å². The maximum absolute atomic E-state index is 6.07. The zero-order valence-electron chi connectivity index (χ0n) is 9.35. The maximum atomic E-state index is 6.07. The van der Waals surface area contributed by atoms with Gasteiger partial charge in [-0.1, -0.05) is 23.7 Å². The van der Waals surface area contributed by atoms with Crippen LogP contribution >= 0.6 is 23.4 Å². The molecule has 1 aromatic heterocycles. The molecule has 3 nitrogen and oxygen atoms in total. The van der Waals surface area contributed by atoms with E-state index in [1.807, 2.05) is 31.2 Å². The van der Waals surface area contributed by atoms with Crippen LogP contribution in [-0.4, -0.2) is 9.97 Å². The lowest BCUT2D eigenvalue weighted by Gasteiger charge is -2.04. The minimum absolute atomic E-state index is 0.622. The minimum atomic E-state index is 0.622. The van der Waals surface area contributed by atoms with Crippen LogP contribution in [0.1, 0.15) is 11.5 Å². The first kappa shape index (κ1) is 12.2. The molecule has 0 radical (unpaired) electrons. The molecule has 0 fully saturated rings. The van der Waals surface area contributed by atoms with Gasteiger partial charge in [0.2, 0.25) is 0 Å². The van der Waals surface area contributed by atoms with E-state index in [0.29, 0.717) is 11.4 Å². The predicted octanol–water partition coefficient (Wildman–Crippen LogP) is 3.31. The molecular weight excluding hydrogens is 254 g/mol. The van der Waals surface area contributed by atoms with Gasteiger partial charge >= 0.3 is 0 Å². The van der Waals surface area contributed by atoms with E-state index in [1.54, 1.807) is 18.0 Å². The highest BCUT2D eigenvalue weighted by atomic mass is 35.5. The minimum Gasteiger partial charge on any atom is -0.396 e. The van der Waals surface area contributed by atoms with Gasteiger partial charge < -0.3 is 5.73 Å². The summed E-state index contributed by atoms with van der Waals surface area (Å²) in [6.07, 6.45) is 1.64. The van der Waals surface area contributed by atoms with Gasteiger partial charge in [0.05, 0.1) is 28.4 Å². The van der Waals surface area contributed by atoms with Gasteiger partial charge in [0, 0.05) is 4.90 Å². The van der Waals surface area contributed by atoms with Crippen molar-refractivity contribution in [2.24, 2.45) is 0 Å². The second kappa shape index (κ2) is 5.38. The Hall–Kier alpha value is -1.26. The molecule has 88 valence electrons. The number of hydrogen-bond acceptors (Lipinski definition) is 4. The number of halogens is 1. The first-order valence-electron chi connectivity index (χ1n) is 5.12. The third-order valence-corrected chi connectivity index (χ3v) is 3.77. The SMILES string of the molecule is Cc1nc(CSc2ccccc2Cl)ncc1N. The van der Waals surface area contributed by atoms with Crippen molar-refractivity contribution in [1.29, 1.82) is 0 Å². The summed E-state index contributed by atoms with van der Waals surface area (Å²) in [5.41, 5.74) is 7.10. The van der Waals surface area contributed by atoms with Gasteiger partial charge in [0.15, 0.2) is 0 Å². The molecule has 1 aromatic carbocycles. The molecule has 2 N–H and O–H groups in total.